The lowest BCUT2D eigenvalue weighted by molar-refractivity contribution is 0.533. The van der Waals surface area contributed by atoms with Gasteiger partial charge in [-0.25, -0.2) is 4.98 Å². The third-order valence-corrected chi connectivity index (χ3v) is 5.32. The first kappa shape index (κ1) is 12.2. The van der Waals surface area contributed by atoms with Gasteiger partial charge in [-0.1, -0.05) is 6.42 Å². The van der Waals surface area contributed by atoms with Gasteiger partial charge in [-0.15, -0.1) is 0 Å². The zero-order chi connectivity index (χ0) is 12.7. The molecule has 2 aromatic heterocycles. The molecular weight excluding hydrogens is 262 g/mol. The van der Waals surface area contributed by atoms with E-state index < -0.39 is 0 Å². The molecule has 1 fully saturated rings. The van der Waals surface area contributed by atoms with Gasteiger partial charge < -0.3 is 4.98 Å². The standard InChI is InChI=1S/C13H17N3S2/c1-8-6-7-14-12-11(8)15-13(17)16(12)9-4-3-5-10(9)18-2/h6-7,9-10H,3-5H2,1-2H3,(H,15,17). The summed E-state index contributed by atoms with van der Waals surface area (Å²) in [5.41, 5.74) is 3.32. The van der Waals surface area contributed by atoms with E-state index in [9.17, 15) is 0 Å². The van der Waals surface area contributed by atoms with Crippen molar-refractivity contribution >= 4 is 35.1 Å². The number of nitrogens with one attached hydrogen (secondary N) is 1. The summed E-state index contributed by atoms with van der Waals surface area (Å²) in [5.74, 6) is 0. The molecule has 18 heavy (non-hydrogen) atoms. The summed E-state index contributed by atoms with van der Waals surface area (Å²) in [6, 6.07) is 2.52. The second-order valence-corrected chi connectivity index (χ2v) is 6.36. The number of hydrogen-bond acceptors (Lipinski definition) is 3. The Morgan fingerprint density at radius 3 is 3.11 bits per heavy atom. The summed E-state index contributed by atoms with van der Waals surface area (Å²) < 4.78 is 3.06. The molecule has 2 unspecified atom stereocenters. The van der Waals surface area contributed by atoms with Crippen LogP contribution in [-0.2, 0) is 0 Å². The fraction of sp³-hybridized carbons (Fsp3) is 0.538. The van der Waals surface area contributed by atoms with E-state index in [4.69, 9.17) is 12.2 Å². The molecule has 0 saturated heterocycles. The van der Waals surface area contributed by atoms with Crippen molar-refractivity contribution in [3.05, 3.63) is 22.6 Å². The maximum Gasteiger partial charge on any atom is 0.179 e. The van der Waals surface area contributed by atoms with Crippen LogP contribution in [0.1, 0.15) is 30.9 Å². The lowest BCUT2D eigenvalue weighted by atomic mass is 10.2. The van der Waals surface area contributed by atoms with Gasteiger partial charge in [0.05, 0.1) is 5.52 Å². The van der Waals surface area contributed by atoms with Crippen LogP contribution in [0.4, 0.5) is 0 Å². The van der Waals surface area contributed by atoms with Gasteiger partial charge in [-0.2, -0.15) is 11.8 Å². The van der Waals surface area contributed by atoms with Crippen LogP contribution in [0.25, 0.3) is 11.2 Å². The molecule has 96 valence electrons. The average Bonchev–Trinajstić information content (AvgIpc) is 2.93. The third-order valence-electron chi connectivity index (χ3n) is 3.87. The highest BCUT2D eigenvalue weighted by molar-refractivity contribution is 7.99. The lowest BCUT2D eigenvalue weighted by Gasteiger charge is -2.19. The van der Waals surface area contributed by atoms with E-state index >= 15 is 0 Å². The lowest BCUT2D eigenvalue weighted by Crippen LogP contribution is -2.16. The molecule has 0 bridgehead atoms. The van der Waals surface area contributed by atoms with Crippen molar-refractivity contribution in [3.8, 4) is 0 Å². The number of thioether (sulfide) groups is 1. The number of aryl methyl sites for hydroxylation is 1. The number of aromatic amines is 1. The highest BCUT2D eigenvalue weighted by Gasteiger charge is 2.30. The smallest absolute Gasteiger partial charge is 0.179 e. The number of H-pyrrole nitrogens is 1. The van der Waals surface area contributed by atoms with Crippen LogP contribution >= 0.6 is 24.0 Å². The zero-order valence-corrected chi connectivity index (χ0v) is 12.3. The van der Waals surface area contributed by atoms with Crippen molar-refractivity contribution in [3.63, 3.8) is 0 Å². The van der Waals surface area contributed by atoms with Crippen LogP contribution in [0.2, 0.25) is 0 Å². The average molecular weight is 279 g/mol. The maximum absolute atomic E-state index is 5.51. The Labute approximate surface area is 116 Å². The molecular formula is C13H17N3S2. The quantitative estimate of drug-likeness (QED) is 0.848. The molecule has 3 rings (SSSR count). The number of rotatable bonds is 2. The molecule has 0 spiro atoms. The van der Waals surface area contributed by atoms with Crippen LogP contribution in [0, 0.1) is 11.7 Å². The molecule has 3 nitrogen and oxygen atoms in total. The fourth-order valence-corrected chi connectivity index (χ4v) is 4.23. The molecule has 0 aliphatic heterocycles. The first-order valence-corrected chi connectivity index (χ1v) is 8.00. The van der Waals surface area contributed by atoms with Gasteiger partial charge in [0, 0.05) is 17.5 Å². The SMILES string of the molecule is CSC1CCCC1n1c(=S)[nH]c2c(C)ccnc21. The number of imidazole rings is 1. The molecule has 1 N–H and O–H groups in total. The second kappa shape index (κ2) is 4.70. The number of hydrogen-bond donors (Lipinski definition) is 1. The summed E-state index contributed by atoms with van der Waals surface area (Å²) in [7, 11) is 0. The van der Waals surface area contributed by atoms with Crippen LogP contribution in [0.3, 0.4) is 0 Å². The first-order chi connectivity index (χ1) is 8.72. The van der Waals surface area contributed by atoms with Gasteiger partial charge in [-0.3, -0.25) is 4.57 Å². The van der Waals surface area contributed by atoms with Crippen LogP contribution in [-0.4, -0.2) is 26.0 Å². The van der Waals surface area contributed by atoms with Gasteiger partial charge in [0.1, 0.15) is 0 Å². The van der Waals surface area contributed by atoms with Gasteiger partial charge >= 0.3 is 0 Å². The van der Waals surface area contributed by atoms with Crippen molar-refractivity contribution in [1.82, 2.24) is 14.5 Å². The van der Waals surface area contributed by atoms with E-state index in [1.165, 1.54) is 24.8 Å². The van der Waals surface area contributed by atoms with E-state index in [-0.39, 0.29) is 0 Å². The third kappa shape index (κ3) is 1.80. The van der Waals surface area contributed by atoms with E-state index in [2.05, 4.69) is 27.7 Å². The van der Waals surface area contributed by atoms with Gasteiger partial charge in [0.25, 0.3) is 0 Å². The normalized spacial score (nSPS) is 23.9. The molecule has 1 aliphatic carbocycles. The van der Waals surface area contributed by atoms with Gasteiger partial charge in [-0.05, 0) is 49.9 Å². The molecule has 1 aliphatic rings. The van der Waals surface area contributed by atoms with E-state index in [1.807, 2.05) is 24.0 Å². The van der Waals surface area contributed by atoms with E-state index in [0.717, 1.165) is 15.9 Å². The van der Waals surface area contributed by atoms with E-state index in [1.54, 1.807) is 0 Å². The number of aromatic nitrogens is 3. The zero-order valence-electron chi connectivity index (χ0n) is 10.6. The minimum absolute atomic E-state index is 0.496. The summed E-state index contributed by atoms with van der Waals surface area (Å²) in [6.07, 6.45) is 7.85. The van der Waals surface area contributed by atoms with Crippen molar-refractivity contribution in [2.75, 3.05) is 6.26 Å². The Hall–Kier alpha value is -0.810. The molecule has 1 saturated carbocycles. The highest BCUT2D eigenvalue weighted by atomic mass is 32.2. The molecule has 2 atom stereocenters. The van der Waals surface area contributed by atoms with Gasteiger partial charge in [0.2, 0.25) is 0 Å². The number of pyridine rings is 1. The van der Waals surface area contributed by atoms with Gasteiger partial charge in [0.15, 0.2) is 10.4 Å². The maximum atomic E-state index is 5.51. The summed E-state index contributed by atoms with van der Waals surface area (Å²) >= 11 is 7.46. The second-order valence-electron chi connectivity index (χ2n) is 4.90. The Bertz CT molecular complexity index is 629. The molecule has 2 heterocycles. The van der Waals surface area contributed by atoms with E-state index in [0.29, 0.717) is 11.3 Å². The monoisotopic (exact) mass is 279 g/mol. The van der Waals surface area contributed by atoms with Crippen molar-refractivity contribution in [1.29, 1.82) is 0 Å². The summed E-state index contributed by atoms with van der Waals surface area (Å²) in [6.45, 7) is 2.10. The summed E-state index contributed by atoms with van der Waals surface area (Å²) in [4.78, 5) is 7.85. The minimum atomic E-state index is 0.496. The number of nitrogens with zero attached hydrogens (tertiary/aromatic N) is 2. The highest BCUT2D eigenvalue weighted by Crippen LogP contribution is 2.39. The predicted octanol–water partition coefficient (Wildman–Crippen LogP) is 3.86. The Kier molecular flexibility index (Phi) is 3.20. The van der Waals surface area contributed by atoms with Crippen LogP contribution < -0.4 is 0 Å². The van der Waals surface area contributed by atoms with Crippen molar-refractivity contribution in [2.24, 2.45) is 0 Å². The topological polar surface area (TPSA) is 33.6 Å². The minimum Gasteiger partial charge on any atom is -0.329 e. The van der Waals surface area contributed by atoms with Crippen LogP contribution in [0.5, 0.6) is 0 Å². The molecule has 0 radical (unpaired) electrons. The molecule has 0 aromatic carbocycles. The fourth-order valence-electron chi connectivity index (χ4n) is 2.93. The van der Waals surface area contributed by atoms with Crippen LogP contribution in [0.15, 0.2) is 12.3 Å². The van der Waals surface area contributed by atoms with Crippen molar-refractivity contribution < 1.29 is 0 Å². The largest absolute Gasteiger partial charge is 0.329 e. The Morgan fingerprint density at radius 2 is 2.33 bits per heavy atom. The predicted molar refractivity (Wildman–Crippen MR) is 79.8 cm³/mol. The Balaban J connectivity index is 2.20. The molecule has 5 heteroatoms. The molecule has 0 amide bonds. The first-order valence-electron chi connectivity index (χ1n) is 6.31. The molecule has 2 aromatic rings. The van der Waals surface area contributed by atoms with Crippen molar-refractivity contribution in [2.45, 2.75) is 37.5 Å². The number of fused-ring (bicyclic) bond motifs is 1. The summed E-state index contributed by atoms with van der Waals surface area (Å²) in [5, 5.41) is 0.665. The Morgan fingerprint density at radius 1 is 1.50 bits per heavy atom.